The number of aromatic nitrogens is 2. The Labute approximate surface area is 106 Å². The molecule has 1 fully saturated rings. The topological polar surface area (TPSA) is 29.0 Å². The van der Waals surface area contributed by atoms with Crippen molar-refractivity contribution in [3.05, 3.63) is 17.0 Å². The van der Waals surface area contributed by atoms with Crippen molar-refractivity contribution in [1.82, 2.24) is 9.97 Å². The van der Waals surface area contributed by atoms with E-state index in [-0.39, 0.29) is 0 Å². The highest BCUT2D eigenvalue weighted by Crippen LogP contribution is 2.25. The minimum Gasteiger partial charge on any atom is -0.355 e. The van der Waals surface area contributed by atoms with E-state index in [1.54, 1.807) is 0 Å². The number of thioether (sulfide) groups is 1. The molecular weight excluding hydrogens is 242 g/mol. The van der Waals surface area contributed by atoms with Crippen molar-refractivity contribution in [2.75, 3.05) is 23.7 Å². The molecule has 2 heterocycles. The summed E-state index contributed by atoms with van der Waals surface area (Å²) in [6, 6.07) is 1.86. The highest BCUT2D eigenvalue weighted by Gasteiger charge is 2.20. The first-order valence-corrected chi connectivity index (χ1v) is 6.99. The van der Waals surface area contributed by atoms with Crippen LogP contribution in [0.2, 0.25) is 5.15 Å². The van der Waals surface area contributed by atoms with Crippen molar-refractivity contribution >= 4 is 29.2 Å². The second kappa shape index (κ2) is 5.23. The number of anilines is 1. The van der Waals surface area contributed by atoms with Crippen LogP contribution >= 0.6 is 23.4 Å². The summed E-state index contributed by atoms with van der Waals surface area (Å²) in [5.41, 5.74) is 0. The Kier molecular flexibility index (Phi) is 3.92. The first kappa shape index (κ1) is 12.0. The van der Waals surface area contributed by atoms with Crippen LogP contribution in [-0.4, -0.2) is 34.1 Å². The van der Waals surface area contributed by atoms with Gasteiger partial charge in [0.2, 0.25) is 0 Å². The summed E-state index contributed by atoms with van der Waals surface area (Å²) >= 11 is 8.01. The average molecular weight is 258 g/mol. The van der Waals surface area contributed by atoms with E-state index in [0.29, 0.717) is 10.4 Å². The Morgan fingerprint density at radius 2 is 2.38 bits per heavy atom. The van der Waals surface area contributed by atoms with Crippen LogP contribution in [0.5, 0.6) is 0 Å². The van der Waals surface area contributed by atoms with Gasteiger partial charge in [0.25, 0.3) is 0 Å². The molecule has 1 aliphatic rings. The van der Waals surface area contributed by atoms with E-state index < -0.39 is 0 Å². The standard InChI is InChI=1S/C11H16ClN3S/c1-3-9-7-15(4-5-16-9)11-6-10(12)13-8(2)14-11/h6,9H,3-5,7H2,1-2H3. The van der Waals surface area contributed by atoms with Crippen molar-refractivity contribution < 1.29 is 0 Å². The SMILES string of the molecule is CCC1CN(c2cc(Cl)nc(C)n2)CCS1. The molecule has 1 unspecified atom stereocenters. The van der Waals surface area contributed by atoms with E-state index in [1.807, 2.05) is 13.0 Å². The maximum Gasteiger partial charge on any atom is 0.134 e. The lowest BCUT2D eigenvalue weighted by molar-refractivity contribution is 0.717. The normalized spacial score (nSPS) is 21.2. The van der Waals surface area contributed by atoms with E-state index in [1.165, 1.54) is 12.2 Å². The smallest absolute Gasteiger partial charge is 0.134 e. The molecule has 3 nitrogen and oxygen atoms in total. The van der Waals surface area contributed by atoms with Crippen LogP contribution in [-0.2, 0) is 0 Å². The summed E-state index contributed by atoms with van der Waals surface area (Å²) in [6.45, 7) is 6.23. The molecule has 0 amide bonds. The van der Waals surface area contributed by atoms with Gasteiger partial charge < -0.3 is 4.90 Å². The van der Waals surface area contributed by atoms with Crippen LogP contribution in [0.25, 0.3) is 0 Å². The second-order valence-electron chi connectivity index (χ2n) is 3.94. The van der Waals surface area contributed by atoms with Gasteiger partial charge in [-0.1, -0.05) is 18.5 Å². The molecule has 1 aliphatic heterocycles. The Balaban J connectivity index is 2.16. The van der Waals surface area contributed by atoms with Gasteiger partial charge >= 0.3 is 0 Å². The largest absolute Gasteiger partial charge is 0.355 e. The third kappa shape index (κ3) is 2.80. The molecule has 1 saturated heterocycles. The molecule has 0 N–H and O–H groups in total. The molecule has 0 aliphatic carbocycles. The molecule has 0 spiro atoms. The fraction of sp³-hybridized carbons (Fsp3) is 0.636. The number of hydrogen-bond donors (Lipinski definition) is 0. The zero-order chi connectivity index (χ0) is 11.5. The molecule has 1 atom stereocenters. The maximum absolute atomic E-state index is 5.96. The number of aryl methyl sites for hydroxylation is 1. The molecule has 1 aromatic rings. The van der Waals surface area contributed by atoms with Crippen molar-refractivity contribution in [1.29, 1.82) is 0 Å². The number of hydrogen-bond acceptors (Lipinski definition) is 4. The van der Waals surface area contributed by atoms with Gasteiger partial charge in [-0.2, -0.15) is 11.8 Å². The number of halogens is 1. The van der Waals surface area contributed by atoms with Gasteiger partial charge in [0.05, 0.1) is 0 Å². The molecule has 2 rings (SSSR count). The summed E-state index contributed by atoms with van der Waals surface area (Å²) in [5, 5.41) is 1.25. The van der Waals surface area contributed by atoms with Crippen molar-refractivity contribution in [2.24, 2.45) is 0 Å². The van der Waals surface area contributed by atoms with Crippen LogP contribution < -0.4 is 4.90 Å². The molecule has 0 saturated carbocycles. The van der Waals surface area contributed by atoms with Crippen LogP contribution in [0.15, 0.2) is 6.07 Å². The van der Waals surface area contributed by atoms with E-state index >= 15 is 0 Å². The van der Waals surface area contributed by atoms with Gasteiger partial charge in [-0.15, -0.1) is 0 Å². The van der Waals surface area contributed by atoms with Gasteiger partial charge in [0.1, 0.15) is 16.8 Å². The van der Waals surface area contributed by atoms with E-state index in [2.05, 4.69) is 33.6 Å². The summed E-state index contributed by atoms with van der Waals surface area (Å²) in [5.74, 6) is 2.88. The quantitative estimate of drug-likeness (QED) is 0.762. The Morgan fingerprint density at radius 1 is 1.56 bits per heavy atom. The summed E-state index contributed by atoms with van der Waals surface area (Å²) in [6.07, 6.45) is 1.21. The third-order valence-electron chi connectivity index (χ3n) is 2.71. The number of nitrogens with zero attached hydrogens (tertiary/aromatic N) is 3. The fourth-order valence-corrected chi connectivity index (χ4v) is 3.25. The molecule has 1 aromatic heterocycles. The predicted octanol–water partition coefficient (Wildman–Crippen LogP) is 2.77. The van der Waals surface area contributed by atoms with Crippen LogP contribution in [0.4, 0.5) is 5.82 Å². The molecule has 5 heteroatoms. The summed E-state index contributed by atoms with van der Waals surface area (Å²) in [4.78, 5) is 10.8. The lowest BCUT2D eigenvalue weighted by atomic mass is 10.3. The molecule has 16 heavy (non-hydrogen) atoms. The van der Waals surface area contributed by atoms with Crippen molar-refractivity contribution in [3.8, 4) is 0 Å². The zero-order valence-electron chi connectivity index (χ0n) is 9.61. The van der Waals surface area contributed by atoms with Gasteiger partial charge in [0.15, 0.2) is 0 Å². The Morgan fingerprint density at radius 3 is 3.06 bits per heavy atom. The molecule has 0 bridgehead atoms. The highest BCUT2D eigenvalue weighted by atomic mass is 35.5. The first-order valence-electron chi connectivity index (χ1n) is 5.56. The van der Waals surface area contributed by atoms with E-state index in [4.69, 9.17) is 11.6 Å². The van der Waals surface area contributed by atoms with Crippen LogP contribution in [0.1, 0.15) is 19.2 Å². The lowest BCUT2D eigenvalue weighted by Crippen LogP contribution is -2.38. The molecule has 88 valence electrons. The fourth-order valence-electron chi connectivity index (χ4n) is 1.85. The maximum atomic E-state index is 5.96. The number of rotatable bonds is 2. The van der Waals surface area contributed by atoms with Crippen molar-refractivity contribution in [3.63, 3.8) is 0 Å². The van der Waals surface area contributed by atoms with Gasteiger partial charge in [-0.25, -0.2) is 9.97 Å². The molecular formula is C11H16ClN3S. The Bertz CT molecular complexity index is 352. The second-order valence-corrected chi connectivity index (χ2v) is 5.74. The van der Waals surface area contributed by atoms with E-state index in [9.17, 15) is 0 Å². The minimum absolute atomic E-state index is 0.536. The summed E-state index contributed by atoms with van der Waals surface area (Å²) < 4.78 is 0. The van der Waals surface area contributed by atoms with Gasteiger partial charge in [-0.05, 0) is 13.3 Å². The third-order valence-corrected chi connectivity index (χ3v) is 4.28. The lowest BCUT2D eigenvalue weighted by Gasteiger charge is -2.32. The van der Waals surface area contributed by atoms with E-state index in [0.717, 1.165) is 24.7 Å². The van der Waals surface area contributed by atoms with Gasteiger partial charge in [-0.3, -0.25) is 0 Å². The van der Waals surface area contributed by atoms with Crippen molar-refractivity contribution in [2.45, 2.75) is 25.5 Å². The minimum atomic E-state index is 0.536. The summed E-state index contributed by atoms with van der Waals surface area (Å²) in [7, 11) is 0. The predicted molar refractivity (Wildman–Crippen MR) is 70.5 cm³/mol. The zero-order valence-corrected chi connectivity index (χ0v) is 11.2. The molecule has 0 aromatic carbocycles. The van der Waals surface area contributed by atoms with Crippen LogP contribution in [0.3, 0.4) is 0 Å². The first-order chi connectivity index (χ1) is 7.69. The monoisotopic (exact) mass is 257 g/mol. The average Bonchev–Trinajstić information content (AvgIpc) is 2.28. The highest BCUT2D eigenvalue weighted by molar-refractivity contribution is 8.00. The molecule has 0 radical (unpaired) electrons. The van der Waals surface area contributed by atoms with Gasteiger partial charge in [0, 0.05) is 30.2 Å². The van der Waals surface area contributed by atoms with Crippen LogP contribution in [0, 0.1) is 6.92 Å². The Hall–Kier alpha value is -0.480.